The number of carbonyl (C=O) groups is 1. The Kier molecular flexibility index (Phi) is 7.17. The fourth-order valence-electron chi connectivity index (χ4n) is 5.50. The van der Waals surface area contributed by atoms with E-state index in [1.54, 1.807) is 27.0 Å². The number of halogens is 2. The van der Waals surface area contributed by atoms with Crippen LogP contribution in [-0.4, -0.2) is 64.8 Å². The van der Waals surface area contributed by atoms with Crippen LogP contribution >= 0.6 is 22.9 Å². The van der Waals surface area contributed by atoms with E-state index in [-0.39, 0.29) is 27.3 Å². The molecule has 0 spiro atoms. The summed E-state index contributed by atoms with van der Waals surface area (Å²) in [5.74, 6) is -0.0424. The van der Waals surface area contributed by atoms with Crippen LogP contribution in [0, 0.1) is 17.1 Å². The molecule has 1 N–H and O–H groups in total. The second-order valence-electron chi connectivity index (χ2n) is 11.6. The van der Waals surface area contributed by atoms with Crippen LogP contribution in [0.15, 0.2) is 12.4 Å². The van der Waals surface area contributed by atoms with E-state index in [2.05, 4.69) is 45.2 Å². The fraction of sp³-hybridized carbons (Fsp3) is 0.414. The van der Waals surface area contributed by atoms with Gasteiger partial charge in [-0.05, 0) is 52.4 Å². The van der Waals surface area contributed by atoms with Crippen LogP contribution in [0.3, 0.4) is 0 Å². The molecule has 4 aromatic rings. The van der Waals surface area contributed by atoms with Gasteiger partial charge in [0.1, 0.15) is 16.7 Å². The van der Waals surface area contributed by atoms with E-state index in [1.165, 1.54) is 0 Å². The van der Waals surface area contributed by atoms with E-state index in [4.69, 9.17) is 26.1 Å². The number of anilines is 2. The van der Waals surface area contributed by atoms with E-state index < -0.39 is 17.5 Å². The fourth-order valence-corrected chi connectivity index (χ4v) is 6.89. The van der Waals surface area contributed by atoms with Crippen molar-refractivity contribution in [1.29, 1.82) is 5.26 Å². The number of aromatic nitrogens is 3. The first-order chi connectivity index (χ1) is 20.0. The molecule has 42 heavy (non-hydrogen) atoms. The number of ether oxygens (including phenoxy) is 2. The van der Waals surface area contributed by atoms with Crippen LogP contribution in [0.2, 0.25) is 5.02 Å². The highest BCUT2D eigenvalue weighted by Crippen LogP contribution is 2.47. The van der Waals surface area contributed by atoms with Crippen LogP contribution < -0.4 is 10.2 Å². The number of hydrogen-bond donors (Lipinski definition) is 1. The van der Waals surface area contributed by atoms with Crippen LogP contribution in [0.1, 0.15) is 43.9 Å². The molecule has 1 atom stereocenters. The minimum atomic E-state index is -0.756. The Morgan fingerprint density at radius 1 is 1.29 bits per heavy atom. The van der Waals surface area contributed by atoms with Crippen LogP contribution in [0.4, 0.5) is 20.1 Å². The zero-order valence-electron chi connectivity index (χ0n) is 23.8. The van der Waals surface area contributed by atoms with Gasteiger partial charge in [0.05, 0.1) is 45.9 Å². The SMILES string of the molecule is CN(C)[C@H]1CCN(c2ncc3c4c(c(-c5ncc(F)c6sc(NC(=O)OC(C)(C)C)c(C#N)c56)c(Cl)c3n2)COC4)C1. The van der Waals surface area contributed by atoms with Crippen molar-refractivity contribution >= 4 is 61.0 Å². The van der Waals surface area contributed by atoms with Gasteiger partial charge in [0.25, 0.3) is 0 Å². The molecule has 10 nitrogen and oxygen atoms in total. The largest absolute Gasteiger partial charge is 0.444 e. The van der Waals surface area contributed by atoms with Crippen molar-refractivity contribution in [1.82, 2.24) is 19.9 Å². The molecule has 1 amide bonds. The summed E-state index contributed by atoms with van der Waals surface area (Å²) >= 11 is 8.08. The number of carbonyl (C=O) groups excluding carboxylic acids is 1. The molecule has 0 radical (unpaired) electrons. The Hall–Kier alpha value is -3.63. The normalized spacial score (nSPS) is 16.8. The number of fused-ring (bicyclic) bond motifs is 4. The van der Waals surface area contributed by atoms with E-state index in [0.29, 0.717) is 40.4 Å². The number of nitriles is 1. The lowest BCUT2D eigenvalue weighted by molar-refractivity contribution is 0.0636. The number of hydrogen-bond acceptors (Lipinski definition) is 10. The average molecular weight is 610 g/mol. The predicted octanol–water partition coefficient (Wildman–Crippen LogP) is 6.09. The van der Waals surface area contributed by atoms with Gasteiger partial charge in [-0.15, -0.1) is 11.3 Å². The molecular weight excluding hydrogens is 581 g/mol. The molecule has 0 saturated carbocycles. The summed E-state index contributed by atoms with van der Waals surface area (Å²) < 4.78 is 26.5. The molecule has 5 heterocycles. The first-order valence-corrected chi connectivity index (χ1v) is 14.7. The third-order valence-corrected chi connectivity index (χ3v) is 8.98. The molecule has 2 aliphatic heterocycles. The molecule has 1 aromatic carbocycles. The predicted molar refractivity (Wildman–Crippen MR) is 160 cm³/mol. The number of benzene rings is 1. The van der Waals surface area contributed by atoms with Crippen LogP contribution in [-0.2, 0) is 22.7 Å². The molecule has 6 rings (SSSR count). The number of rotatable bonds is 4. The summed E-state index contributed by atoms with van der Waals surface area (Å²) in [5, 5.41) is 14.3. The van der Waals surface area contributed by atoms with E-state index in [0.717, 1.165) is 53.6 Å². The van der Waals surface area contributed by atoms with Gasteiger partial charge in [-0.2, -0.15) is 5.26 Å². The van der Waals surface area contributed by atoms with Gasteiger partial charge in [0.2, 0.25) is 5.95 Å². The average Bonchev–Trinajstić information content (AvgIpc) is 3.67. The Balaban J connectivity index is 1.53. The number of nitrogens with zero attached hydrogens (tertiary/aromatic N) is 6. The van der Waals surface area contributed by atoms with Gasteiger partial charge < -0.3 is 19.3 Å². The van der Waals surface area contributed by atoms with Crippen molar-refractivity contribution in [3.63, 3.8) is 0 Å². The Bertz CT molecular complexity index is 1800. The van der Waals surface area contributed by atoms with Crippen molar-refractivity contribution in [2.45, 2.75) is 52.0 Å². The van der Waals surface area contributed by atoms with Crippen molar-refractivity contribution in [2.75, 3.05) is 37.4 Å². The molecule has 13 heteroatoms. The van der Waals surface area contributed by atoms with Crippen molar-refractivity contribution in [3.05, 3.63) is 39.9 Å². The Labute approximate surface area is 251 Å². The topological polar surface area (TPSA) is 116 Å². The van der Waals surface area contributed by atoms with E-state index in [9.17, 15) is 10.1 Å². The molecule has 0 unspecified atom stereocenters. The number of amides is 1. The summed E-state index contributed by atoms with van der Waals surface area (Å²) in [6, 6.07) is 2.53. The first kappa shape index (κ1) is 28.5. The third kappa shape index (κ3) is 4.90. The zero-order chi connectivity index (χ0) is 29.9. The highest BCUT2D eigenvalue weighted by atomic mass is 35.5. The molecule has 3 aromatic heterocycles. The van der Waals surface area contributed by atoms with E-state index in [1.807, 2.05) is 0 Å². The number of nitrogens with one attached hydrogen (secondary N) is 1. The molecule has 1 saturated heterocycles. The molecule has 0 aliphatic carbocycles. The van der Waals surface area contributed by atoms with Gasteiger partial charge in [0.15, 0.2) is 5.82 Å². The second-order valence-corrected chi connectivity index (χ2v) is 13.0. The van der Waals surface area contributed by atoms with Crippen molar-refractivity contribution in [2.24, 2.45) is 0 Å². The Morgan fingerprint density at radius 2 is 2.05 bits per heavy atom. The van der Waals surface area contributed by atoms with Gasteiger partial charge in [-0.3, -0.25) is 10.3 Å². The smallest absolute Gasteiger partial charge is 0.412 e. The number of likely N-dealkylation sites (N-methyl/N-ethyl adjacent to an activating group) is 1. The molecule has 218 valence electrons. The highest BCUT2D eigenvalue weighted by Gasteiger charge is 2.31. The third-order valence-electron chi connectivity index (χ3n) is 7.50. The summed E-state index contributed by atoms with van der Waals surface area (Å²) in [7, 11) is 4.12. The maximum absolute atomic E-state index is 15.2. The lowest BCUT2D eigenvalue weighted by Gasteiger charge is -2.21. The van der Waals surface area contributed by atoms with Crippen LogP contribution in [0.25, 0.3) is 32.2 Å². The Morgan fingerprint density at radius 3 is 2.74 bits per heavy atom. The van der Waals surface area contributed by atoms with Gasteiger partial charge in [0, 0.05) is 41.7 Å². The van der Waals surface area contributed by atoms with Gasteiger partial charge in [-0.1, -0.05) is 11.6 Å². The summed E-state index contributed by atoms with van der Waals surface area (Å²) in [6.07, 6.45) is 3.14. The second kappa shape index (κ2) is 10.6. The highest BCUT2D eigenvalue weighted by molar-refractivity contribution is 7.23. The maximum Gasteiger partial charge on any atom is 0.412 e. The van der Waals surface area contributed by atoms with E-state index >= 15 is 4.39 Å². The molecule has 1 fully saturated rings. The minimum Gasteiger partial charge on any atom is -0.444 e. The summed E-state index contributed by atoms with van der Waals surface area (Å²) in [4.78, 5) is 30.9. The molecule has 2 aliphatic rings. The quantitative estimate of drug-likeness (QED) is 0.293. The van der Waals surface area contributed by atoms with Crippen molar-refractivity contribution < 1.29 is 18.7 Å². The lowest BCUT2D eigenvalue weighted by atomic mass is 9.94. The first-order valence-electron chi connectivity index (χ1n) is 13.5. The standard InChI is InChI=1S/C29H29ClFN7O3S/c1-29(2,3)41-28(39)36-26-15(8-32)21-24(33-10-19(31)25(21)42-26)20-18-13-40-12-17(18)16-9-34-27(35-23(16)22(20)30)38-7-6-14(11-38)37(4)5/h9-10,14H,6-7,11-13H2,1-5H3,(H,36,39)/t14-/m0/s1. The van der Waals surface area contributed by atoms with Crippen molar-refractivity contribution in [3.8, 4) is 17.3 Å². The number of pyridine rings is 1. The molecular formula is C29H29ClFN7O3S. The monoisotopic (exact) mass is 609 g/mol. The lowest BCUT2D eigenvalue weighted by Crippen LogP contribution is -2.32. The molecule has 0 bridgehead atoms. The number of thiophene rings is 1. The maximum atomic E-state index is 15.2. The minimum absolute atomic E-state index is 0.0712. The van der Waals surface area contributed by atoms with Crippen LogP contribution in [0.5, 0.6) is 0 Å². The van der Waals surface area contributed by atoms with Gasteiger partial charge in [-0.25, -0.2) is 19.2 Å². The summed E-state index contributed by atoms with van der Waals surface area (Å²) in [6.45, 7) is 7.39. The zero-order valence-corrected chi connectivity index (χ0v) is 25.4. The van der Waals surface area contributed by atoms with Gasteiger partial charge >= 0.3 is 6.09 Å². The summed E-state index contributed by atoms with van der Waals surface area (Å²) in [5.41, 5.74) is 2.36.